The van der Waals surface area contributed by atoms with Gasteiger partial charge in [0.2, 0.25) is 0 Å². The van der Waals surface area contributed by atoms with Crippen LogP contribution in [-0.2, 0) is 0 Å². The maximum atomic E-state index is 12.2. The molecule has 0 radical (unpaired) electrons. The van der Waals surface area contributed by atoms with Crippen LogP contribution in [0.2, 0.25) is 0 Å². The van der Waals surface area contributed by atoms with E-state index < -0.39 is 0 Å². The van der Waals surface area contributed by atoms with Gasteiger partial charge in [0.15, 0.2) is 0 Å². The number of benzene rings is 2. The van der Waals surface area contributed by atoms with Crippen molar-refractivity contribution in [2.45, 2.75) is 19.8 Å². The van der Waals surface area contributed by atoms with E-state index in [-0.39, 0.29) is 5.91 Å². The molecule has 0 fully saturated rings. The van der Waals surface area contributed by atoms with Gasteiger partial charge in [0.05, 0.1) is 5.69 Å². The zero-order chi connectivity index (χ0) is 14.7. The van der Waals surface area contributed by atoms with Crippen molar-refractivity contribution in [2.24, 2.45) is 0 Å². The molecule has 0 aliphatic heterocycles. The molecule has 2 nitrogen and oxygen atoms in total. The first-order valence-electron chi connectivity index (χ1n) is 6.33. The Kier molecular flexibility index (Phi) is 5.00. The van der Waals surface area contributed by atoms with E-state index in [0.29, 0.717) is 11.5 Å². The van der Waals surface area contributed by atoms with Crippen molar-refractivity contribution in [1.29, 1.82) is 0 Å². The number of amides is 1. The van der Waals surface area contributed by atoms with E-state index >= 15 is 0 Å². The van der Waals surface area contributed by atoms with Crippen LogP contribution in [0.3, 0.4) is 0 Å². The SMILES string of the molecule is CC(C)c1ccc(C(=O)Nc2ccc(Br)cc2Br)cc1. The zero-order valence-corrected chi connectivity index (χ0v) is 14.5. The molecule has 0 aliphatic rings. The van der Waals surface area contributed by atoms with Crippen LogP contribution in [0, 0.1) is 0 Å². The van der Waals surface area contributed by atoms with E-state index in [0.717, 1.165) is 14.6 Å². The number of nitrogens with one attached hydrogen (secondary N) is 1. The summed E-state index contributed by atoms with van der Waals surface area (Å²) in [4.78, 5) is 12.2. The van der Waals surface area contributed by atoms with Gasteiger partial charge in [-0.05, 0) is 57.7 Å². The van der Waals surface area contributed by atoms with Crippen molar-refractivity contribution in [1.82, 2.24) is 0 Å². The summed E-state index contributed by atoms with van der Waals surface area (Å²) in [5.41, 5.74) is 2.64. The van der Waals surface area contributed by atoms with Gasteiger partial charge in [-0.2, -0.15) is 0 Å². The molecule has 2 aromatic carbocycles. The molecule has 2 rings (SSSR count). The molecule has 0 unspecified atom stereocenters. The first kappa shape index (κ1) is 15.3. The van der Waals surface area contributed by atoms with E-state index in [1.807, 2.05) is 42.5 Å². The minimum absolute atomic E-state index is 0.108. The lowest BCUT2D eigenvalue weighted by molar-refractivity contribution is 0.102. The highest BCUT2D eigenvalue weighted by Crippen LogP contribution is 2.26. The second kappa shape index (κ2) is 6.55. The molecule has 2 aromatic rings. The normalized spacial score (nSPS) is 10.7. The summed E-state index contributed by atoms with van der Waals surface area (Å²) in [6.07, 6.45) is 0. The maximum Gasteiger partial charge on any atom is 0.255 e. The summed E-state index contributed by atoms with van der Waals surface area (Å²) >= 11 is 6.82. The van der Waals surface area contributed by atoms with Gasteiger partial charge in [0, 0.05) is 14.5 Å². The zero-order valence-electron chi connectivity index (χ0n) is 11.3. The molecule has 0 saturated heterocycles. The predicted octanol–water partition coefficient (Wildman–Crippen LogP) is 5.59. The van der Waals surface area contributed by atoms with Gasteiger partial charge in [-0.25, -0.2) is 0 Å². The van der Waals surface area contributed by atoms with Crippen LogP contribution >= 0.6 is 31.9 Å². The first-order valence-corrected chi connectivity index (χ1v) is 7.92. The molecule has 0 aliphatic carbocycles. The van der Waals surface area contributed by atoms with Gasteiger partial charge < -0.3 is 5.32 Å². The van der Waals surface area contributed by atoms with Crippen LogP contribution in [0.15, 0.2) is 51.4 Å². The fourth-order valence-corrected chi connectivity index (χ4v) is 2.95. The summed E-state index contributed by atoms with van der Waals surface area (Å²) in [6.45, 7) is 4.27. The molecule has 0 atom stereocenters. The van der Waals surface area contributed by atoms with Crippen molar-refractivity contribution >= 4 is 43.5 Å². The molecule has 0 saturated carbocycles. The summed E-state index contributed by atoms with van der Waals surface area (Å²) in [7, 11) is 0. The second-order valence-electron chi connectivity index (χ2n) is 4.86. The molecule has 0 spiro atoms. The van der Waals surface area contributed by atoms with Gasteiger partial charge in [-0.15, -0.1) is 0 Å². The van der Waals surface area contributed by atoms with Crippen molar-refractivity contribution in [2.75, 3.05) is 5.32 Å². The lowest BCUT2D eigenvalue weighted by Crippen LogP contribution is -2.12. The van der Waals surface area contributed by atoms with Crippen LogP contribution < -0.4 is 5.32 Å². The van der Waals surface area contributed by atoms with Gasteiger partial charge in [0.25, 0.3) is 5.91 Å². The van der Waals surface area contributed by atoms with Crippen LogP contribution in [0.25, 0.3) is 0 Å². The Labute approximate surface area is 135 Å². The minimum Gasteiger partial charge on any atom is -0.321 e. The topological polar surface area (TPSA) is 29.1 Å². The molecule has 104 valence electrons. The van der Waals surface area contributed by atoms with Crippen LogP contribution in [-0.4, -0.2) is 5.91 Å². The highest BCUT2D eigenvalue weighted by Gasteiger charge is 2.09. The third-order valence-corrected chi connectivity index (χ3v) is 4.17. The largest absolute Gasteiger partial charge is 0.321 e. The van der Waals surface area contributed by atoms with E-state index in [1.54, 1.807) is 0 Å². The first-order chi connectivity index (χ1) is 9.47. The Morgan fingerprint density at radius 2 is 1.70 bits per heavy atom. The van der Waals surface area contributed by atoms with Gasteiger partial charge >= 0.3 is 0 Å². The maximum absolute atomic E-state index is 12.2. The van der Waals surface area contributed by atoms with Crippen LogP contribution in [0.5, 0.6) is 0 Å². The Morgan fingerprint density at radius 3 is 2.25 bits per heavy atom. The monoisotopic (exact) mass is 395 g/mol. The minimum atomic E-state index is -0.108. The predicted molar refractivity (Wildman–Crippen MR) is 90.3 cm³/mol. The number of hydrogen-bond acceptors (Lipinski definition) is 1. The highest BCUT2D eigenvalue weighted by atomic mass is 79.9. The van der Waals surface area contributed by atoms with E-state index in [9.17, 15) is 4.79 Å². The number of anilines is 1. The number of carbonyl (C=O) groups is 1. The van der Waals surface area contributed by atoms with Crippen LogP contribution in [0.4, 0.5) is 5.69 Å². The molecular weight excluding hydrogens is 382 g/mol. The van der Waals surface area contributed by atoms with Crippen molar-refractivity contribution in [3.8, 4) is 0 Å². The summed E-state index contributed by atoms with van der Waals surface area (Å²) in [6, 6.07) is 13.4. The number of rotatable bonds is 3. The van der Waals surface area contributed by atoms with Crippen LogP contribution in [0.1, 0.15) is 35.7 Å². The Hall–Kier alpha value is -1.13. The third-order valence-electron chi connectivity index (χ3n) is 3.02. The van der Waals surface area contributed by atoms with Crippen molar-refractivity contribution in [3.63, 3.8) is 0 Å². The summed E-state index contributed by atoms with van der Waals surface area (Å²) < 4.78 is 1.81. The fraction of sp³-hybridized carbons (Fsp3) is 0.188. The molecule has 4 heteroatoms. The molecule has 0 bridgehead atoms. The lowest BCUT2D eigenvalue weighted by Gasteiger charge is -2.09. The molecule has 0 aromatic heterocycles. The standard InChI is InChI=1S/C16H15Br2NO/c1-10(2)11-3-5-12(6-4-11)16(20)19-15-8-7-13(17)9-14(15)18/h3-10H,1-2H3,(H,19,20). The summed E-state index contributed by atoms with van der Waals surface area (Å²) in [5, 5.41) is 2.90. The number of carbonyl (C=O) groups excluding carboxylic acids is 1. The fourth-order valence-electron chi connectivity index (χ4n) is 1.80. The smallest absolute Gasteiger partial charge is 0.255 e. The van der Waals surface area contributed by atoms with Crippen molar-refractivity contribution in [3.05, 3.63) is 62.5 Å². The number of hydrogen-bond donors (Lipinski definition) is 1. The summed E-state index contributed by atoms with van der Waals surface area (Å²) in [5.74, 6) is 0.357. The van der Waals surface area contributed by atoms with E-state index in [2.05, 4.69) is 51.0 Å². The average molecular weight is 397 g/mol. The van der Waals surface area contributed by atoms with Crippen molar-refractivity contribution < 1.29 is 4.79 Å². The average Bonchev–Trinajstić information content (AvgIpc) is 2.42. The van der Waals surface area contributed by atoms with Gasteiger partial charge in [-0.3, -0.25) is 4.79 Å². The molecule has 0 heterocycles. The third kappa shape index (κ3) is 3.70. The van der Waals surface area contributed by atoms with E-state index in [1.165, 1.54) is 5.56 Å². The Bertz CT molecular complexity index is 621. The lowest BCUT2D eigenvalue weighted by atomic mass is 10.0. The highest BCUT2D eigenvalue weighted by molar-refractivity contribution is 9.11. The Morgan fingerprint density at radius 1 is 1.05 bits per heavy atom. The quantitative estimate of drug-likeness (QED) is 0.719. The molecule has 1 N–H and O–H groups in total. The molecular formula is C16H15Br2NO. The second-order valence-corrected chi connectivity index (χ2v) is 6.63. The Balaban J connectivity index is 2.15. The van der Waals surface area contributed by atoms with E-state index in [4.69, 9.17) is 0 Å². The molecule has 20 heavy (non-hydrogen) atoms. The molecule has 1 amide bonds. The van der Waals surface area contributed by atoms with Gasteiger partial charge in [-0.1, -0.05) is 41.9 Å². The van der Waals surface area contributed by atoms with Gasteiger partial charge in [0.1, 0.15) is 0 Å². The number of halogens is 2.